The van der Waals surface area contributed by atoms with Crippen molar-refractivity contribution < 1.29 is 22.1 Å². The molecule has 0 spiro atoms. The average Bonchev–Trinajstić information content (AvgIpc) is 2.36. The minimum absolute atomic E-state index is 0.0144. The van der Waals surface area contributed by atoms with Gasteiger partial charge < -0.3 is 8.92 Å². The first-order valence-corrected chi connectivity index (χ1v) is 9.01. The Morgan fingerprint density at radius 3 is 2.23 bits per heavy atom. The molecule has 1 aliphatic rings. The van der Waals surface area contributed by atoms with E-state index in [9.17, 15) is 13.2 Å². The minimum Gasteiger partial charge on any atom is -0.382 e. The van der Waals surface area contributed by atoms with Gasteiger partial charge >= 0.3 is 10.1 Å². The van der Waals surface area contributed by atoms with Crippen LogP contribution in [-0.4, -0.2) is 32.2 Å². The van der Waals surface area contributed by atoms with E-state index in [0.717, 1.165) is 12.8 Å². The smallest absolute Gasteiger partial charge is 0.309 e. The van der Waals surface area contributed by atoms with Crippen molar-refractivity contribution in [2.45, 2.75) is 45.8 Å². The molecular weight excluding hydrogens is 304 g/mol. The number of ether oxygens (including phenoxy) is 1. The molecule has 0 aliphatic carbocycles. The minimum atomic E-state index is -3.65. The molecule has 1 aliphatic heterocycles. The third kappa shape index (κ3) is 4.81. The van der Waals surface area contributed by atoms with Gasteiger partial charge in [0.15, 0.2) is 5.78 Å². The summed E-state index contributed by atoms with van der Waals surface area (Å²) in [6.07, 6.45) is 1.57. The van der Waals surface area contributed by atoms with E-state index in [0.29, 0.717) is 5.56 Å². The predicted molar refractivity (Wildman–Crippen MR) is 83.6 cm³/mol. The van der Waals surface area contributed by atoms with Crippen LogP contribution >= 0.6 is 0 Å². The second-order valence-electron chi connectivity index (χ2n) is 5.98. The van der Waals surface area contributed by atoms with Gasteiger partial charge in [-0.2, -0.15) is 8.42 Å². The molecule has 0 aromatic heterocycles. The molecule has 1 heterocycles. The number of Topliss-reactive ketones (excluding diaryl/α,β-unsaturated/α-hetero) is 1. The van der Waals surface area contributed by atoms with Crippen molar-refractivity contribution in [3.63, 3.8) is 0 Å². The molecule has 1 fully saturated rings. The molecule has 1 unspecified atom stereocenters. The zero-order valence-corrected chi connectivity index (χ0v) is 13.9. The highest BCUT2D eigenvalue weighted by atomic mass is 32.2. The average molecular weight is 326 g/mol. The van der Waals surface area contributed by atoms with Crippen LogP contribution in [0.5, 0.6) is 5.75 Å². The third-order valence-corrected chi connectivity index (χ3v) is 5.05. The number of benzene rings is 1. The molecule has 0 saturated carbocycles. The number of carbonyl (C=O) groups excluding carboxylic acids is 1. The number of hydrogen-bond donors (Lipinski definition) is 0. The maximum Gasteiger partial charge on any atom is 0.309 e. The van der Waals surface area contributed by atoms with Crippen LogP contribution in [0.2, 0.25) is 0 Å². The lowest BCUT2D eigenvalue weighted by Crippen LogP contribution is -2.33. The van der Waals surface area contributed by atoms with Crippen molar-refractivity contribution in [3.8, 4) is 5.75 Å². The Labute approximate surface area is 131 Å². The Kier molecular flexibility index (Phi) is 5.24. The number of ketones is 1. The van der Waals surface area contributed by atoms with Crippen LogP contribution in [0.3, 0.4) is 0 Å². The zero-order valence-electron chi connectivity index (χ0n) is 13.1. The molecule has 1 saturated heterocycles. The van der Waals surface area contributed by atoms with Crippen molar-refractivity contribution in [1.82, 2.24) is 0 Å². The normalized spacial score (nSPS) is 25.7. The molecule has 2 rings (SSSR count). The first kappa shape index (κ1) is 17.0. The Hall–Kier alpha value is -1.40. The van der Waals surface area contributed by atoms with Gasteiger partial charge in [-0.05, 0) is 63.8 Å². The molecule has 1 aromatic rings. The maximum atomic E-state index is 12.2. The molecule has 0 radical (unpaired) electrons. The van der Waals surface area contributed by atoms with E-state index in [4.69, 9.17) is 8.92 Å². The van der Waals surface area contributed by atoms with Crippen LogP contribution in [0, 0.1) is 5.92 Å². The molecule has 22 heavy (non-hydrogen) atoms. The van der Waals surface area contributed by atoms with Gasteiger partial charge in [0.2, 0.25) is 0 Å². The fourth-order valence-electron chi connectivity index (χ4n) is 2.89. The first-order valence-electron chi connectivity index (χ1n) is 7.44. The van der Waals surface area contributed by atoms with Crippen molar-refractivity contribution in [1.29, 1.82) is 0 Å². The Bertz CT molecular complexity index is 610. The fraction of sp³-hybridized carbons (Fsp3) is 0.562. The van der Waals surface area contributed by atoms with E-state index in [2.05, 4.69) is 0 Å². The summed E-state index contributed by atoms with van der Waals surface area (Å²) in [4.78, 5) is 11.2. The number of carbonyl (C=O) groups is 1. The van der Waals surface area contributed by atoms with Gasteiger partial charge in [0.05, 0.1) is 18.0 Å². The Morgan fingerprint density at radius 2 is 1.73 bits per heavy atom. The highest BCUT2D eigenvalue weighted by Gasteiger charge is 2.29. The molecule has 0 amide bonds. The van der Waals surface area contributed by atoms with Crippen molar-refractivity contribution in [2.75, 3.05) is 5.75 Å². The highest BCUT2D eigenvalue weighted by molar-refractivity contribution is 7.87. The molecule has 3 atom stereocenters. The van der Waals surface area contributed by atoms with Gasteiger partial charge in [0.1, 0.15) is 5.75 Å². The Balaban J connectivity index is 2.00. The molecule has 6 heteroatoms. The number of hydrogen-bond acceptors (Lipinski definition) is 5. The van der Waals surface area contributed by atoms with E-state index in [1.54, 1.807) is 12.1 Å². The summed E-state index contributed by atoms with van der Waals surface area (Å²) in [5, 5.41) is 0. The lowest BCUT2D eigenvalue weighted by atomic mass is 9.94. The fourth-order valence-corrected chi connectivity index (χ4v) is 4.22. The summed E-state index contributed by atoms with van der Waals surface area (Å²) in [5.74, 6) is 0.192. The summed E-state index contributed by atoms with van der Waals surface area (Å²) in [7, 11) is -3.65. The standard InChI is InChI=1S/C16H22O5S/c1-11-8-14(9-12(2)20-11)10-22(18,19)21-16-6-4-15(5-7-16)13(3)17/h4-7,11-12,14H,8-10H2,1-3H3/t11-,12+,14?. The van der Waals surface area contributed by atoms with Crippen LogP contribution in [0.4, 0.5) is 0 Å². The maximum absolute atomic E-state index is 12.2. The molecule has 1 aromatic carbocycles. The Morgan fingerprint density at radius 1 is 1.18 bits per heavy atom. The van der Waals surface area contributed by atoms with Crippen molar-refractivity contribution in [2.24, 2.45) is 5.92 Å². The topological polar surface area (TPSA) is 69.7 Å². The van der Waals surface area contributed by atoms with Crippen molar-refractivity contribution >= 4 is 15.9 Å². The SMILES string of the molecule is CC(=O)c1ccc(OS(=O)(=O)CC2C[C@@H](C)O[C@@H](C)C2)cc1. The van der Waals surface area contributed by atoms with Crippen LogP contribution in [0.15, 0.2) is 24.3 Å². The molecule has 0 bridgehead atoms. The molecule has 122 valence electrons. The van der Waals surface area contributed by atoms with Gasteiger partial charge in [-0.1, -0.05) is 0 Å². The lowest BCUT2D eigenvalue weighted by molar-refractivity contribution is -0.0480. The van der Waals surface area contributed by atoms with Crippen LogP contribution in [0.1, 0.15) is 44.0 Å². The second kappa shape index (κ2) is 6.79. The van der Waals surface area contributed by atoms with Crippen LogP contribution < -0.4 is 4.18 Å². The van der Waals surface area contributed by atoms with E-state index >= 15 is 0 Å². The molecule has 5 nitrogen and oxygen atoms in total. The highest BCUT2D eigenvalue weighted by Crippen LogP contribution is 2.27. The predicted octanol–water partition coefficient (Wildman–Crippen LogP) is 2.80. The van der Waals surface area contributed by atoms with Crippen LogP contribution in [0.25, 0.3) is 0 Å². The van der Waals surface area contributed by atoms with Gasteiger partial charge in [-0.15, -0.1) is 0 Å². The second-order valence-corrected chi connectivity index (χ2v) is 7.60. The summed E-state index contributed by atoms with van der Waals surface area (Å²) in [6, 6.07) is 6.13. The van der Waals surface area contributed by atoms with Gasteiger partial charge in [0, 0.05) is 5.56 Å². The van der Waals surface area contributed by atoms with Gasteiger partial charge in [-0.3, -0.25) is 4.79 Å². The van der Waals surface area contributed by atoms with E-state index in [1.165, 1.54) is 19.1 Å². The number of rotatable bonds is 5. The lowest BCUT2D eigenvalue weighted by Gasteiger charge is -2.31. The van der Waals surface area contributed by atoms with Crippen LogP contribution in [-0.2, 0) is 14.9 Å². The van der Waals surface area contributed by atoms with Gasteiger partial charge in [-0.25, -0.2) is 0 Å². The van der Waals surface area contributed by atoms with Gasteiger partial charge in [0.25, 0.3) is 0 Å². The third-order valence-electron chi connectivity index (χ3n) is 3.72. The molecular formula is C16H22O5S. The van der Waals surface area contributed by atoms with Crippen molar-refractivity contribution in [3.05, 3.63) is 29.8 Å². The first-order chi connectivity index (χ1) is 10.2. The van der Waals surface area contributed by atoms with E-state index < -0.39 is 10.1 Å². The van der Waals surface area contributed by atoms with E-state index in [-0.39, 0.29) is 35.4 Å². The largest absolute Gasteiger partial charge is 0.382 e. The summed E-state index contributed by atoms with van der Waals surface area (Å²) >= 11 is 0. The summed E-state index contributed by atoms with van der Waals surface area (Å²) < 4.78 is 35.1. The summed E-state index contributed by atoms with van der Waals surface area (Å²) in [6.45, 7) is 5.37. The molecule has 0 N–H and O–H groups in total. The monoisotopic (exact) mass is 326 g/mol. The van der Waals surface area contributed by atoms with E-state index in [1.807, 2.05) is 13.8 Å². The zero-order chi connectivity index (χ0) is 16.3. The summed E-state index contributed by atoms with van der Waals surface area (Å²) in [5.41, 5.74) is 0.525. The quantitative estimate of drug-likeness (QED) is 0.615.